The van der Waals surface area contributed by atoms with Crippen molar-refractivity contribution in [3.63, 3.8) is 0 Å². The van der Waals surface area contributed by atoms with Crippen LogP contribution in [0.4, 0.5) is 19.1 Å². The van der Waals surface area contributed by atoms with Gasteiger partial charge in [0.05, 0.1) is 5.52 Å². The molecule has 0 atom stereocenters. The minimum Gasteiger partial charge on any atom is -0.369 e. The van der Waals surface area contributed by atoms with E-state index >= 15 is 0 Å². The molecule has 2 aromatic carbocycles. The van der Waals surface area contributed by atoms with Gasteiger partial charge in [0.1, 0.15) is 22.8 Å². The zero-order chi connectivity index (χ0) is 13.6. The van der Waals surface area contributed by atoms with E-state index in [1.165, 1.54) is 24.3 Å². The maximum atomic E-state index is 13.8. The van der Waals surface area contributed by atoms with Gasteiger partial charge in [-0.05, 0) is 24.3 Å². The van der Waals surface area contributed by atoms with E-state index in [1.807, 2.05) is 0 Å². The lowest BCUT2D eigenvalue weighted by atomic mass is 10.2. The van der Waals surface area contributed by atoms with E-state index < -0.39 is 17.5 Å². The van der Waals surface area contributed by atoms with Crippen molar-refractivity contribution in [2.24, 2.45) is 0 Å². The fourth-order valence-electron chi connectivity index (χ4n) is 2.02. The van der Waals surface area contributed by atoms with Gasteiger partial charge in [0, 0.05) is 0 Å². The van der Waals surface area contributed by atoms with Crippen LogP contribution < -0.4 is 5.73 Å². The second-order valence-electron chi connectivity index (χ2n) is 3.98. The maximum absolute atomic E-state index is 13.8. The molecule has 0 saturated heterocycles. The van der Waals surface area contributed by atoms with Crippen LogP contribution in [0.5, 0.6) is 0 Å². The van der Waals surface area contributed by atoms with E-state index in [-0.39, 0.29) is 22.7 Å². The first-order chi connectivity index (χ1) is 9.09. The molecule has 0 radical (unpaired) electrons. The average Bonchev–Trinajstić information content (AvgIpc) is 2.68. The molecule has 0 bridgehead atoms. The second-order valence-corrected chi connectivity index (χ2v) is 3.98. The predicted molar refractivity (Wildman–Crippen MR) is 65.4 cm³/mol. The number of aromatic nitrogens is 2. The molecule has 0 saturated carbocycles. The van der Waals surface area contributed by atoms with Crippen molar-refractivity contribution in [2.45, 2.75) is 0 Å². The first kappa shape index (κ1) is 11.6. The Morgan fingerprint density at radius 2 is 1.47 bits per heavy atom. The summed E-state index contributed by atoms with van der Waals surface area (Å²) in [5, 5.41) is 0. The van der Waals surface area contributed by atoms with Crippen molar-refractivity contribution in [3.8, 4) is 5.69 Å². The fraction of sp³-hybridized carbons (Fsp3) is 0. The highest BCUT2D eigenvalue weighted by atomic mass is 19.1. The van der Waals surface area contributed by atoms with Crippen LogP contribution in [-0.4, -0.2) is 9.55 Å². The minimum atomic E-state index is -0.796. The van der Waals surface area contributed by atoms with E-state index in [4.69, 9.17) is 5.73 Å². The van der Waals surface area contributed by atoms with Crippen molar-refractivity contribution in [1.82, 2.24) is 9.55 Å². The number of hydrogen-bond donors (Lipinski definition) is 1. The molecule has 96 valence electrons. The summed E-state index contributed by atoms with van der Waals surface area (Å²) in [7, 11) is 0. The maximum Gasteiger partial charge on any atom is 0.206 e. The van der Waals surface area contributed by atoms with Gasteiger partial charge in [-0.1, -0.05) is 12.1 Å². The summed E-state index contributed by atoms with van der Waals surface area (Å²) in [6.07, 6.45) is 0. The molecule has 3 nitrogen and oxygen atoms in total. The Bertz CT molecular complexity index is 760. The Hall–Kier alpha value is -2.50. The summed E-state index contributed by atoms with van der Waals surface area (Å²) in [5.41, 5.74) is 5.46. The largest absolute Gasteiger partial charge is 0.369 e. The van der Waals surface area contributed by atoms with Crippen molar-refractivity contribution >= 4 is 17.0 Å². The van der Waals surface area contributed by atoms with Crippen molar-refractivity contribution in [2.75, 3.05) is 5.73 Å². The van der Waals surface area contributed by atoms with Crippen molar-refractivity contribution < 1.29 is 13.2 Å². The van der Waals surface area contributed by atoms with Gasteiger partial charge in [-0.2, -0.15) is 0 Å². The van der Waals surface area contributed by atoms with Gasteiger partial charge in [-0.25, -0.2) is 18.2 Å². The number of nitrogens with zero attached hydrogens (tertiary/aromatic N) is 2. The lowest BCUT2D eigenvalue weighted by Crippen LogP contribution is -2.05. The summed E-state index contributed by atoms with van der Waals surface area (Å²) < 4.78 is 42.2. The van der Waals surface area contributed by atoms with Gasteiger partial charge in [0.15, 0.2) is 5.82 Å². The highest BCUT2D eigenvalue weighted by Gasteiger charge is 2.18. The lowest BCUT2D eigenvalue weighted by Gasteiger charge is -2.08. The fourth-order valence-corrected chi connectivity index (χ4v) is 2.02. The Balaban J connectivity index is 2.44. The first-order valence-electron chi connectivity index (χ1n) is 5.46. The molecule has 0 unspecified atom stereocenters. The van der Waals surface area contributed by atoms with Crippen LogP contribution >= 0.6 is 0 Å². The normalized spacial score (nSPS) is 11.1. The summed E-state index contributed by atoms with van der Waals surface area (Å²) in [5.74, 6) is -2.37. The monoisotopic (exact) mass is 263 g/mol. The molecular weight excluding hydrogens is 255 g/mol. The number of halogens is 3. The van der Waals surface area contributed by atoms with E-state index in [0.717, 1.165) is 16.7 Å². The number of para-hydroxylation sites is 2. The Morgan fingerprint density at radius 3 is 2.16 bits per heavy atom. The van der Waals surface area contributed by atoms with Gasteiger partial charge in [0.2, 0.25) is 5.95 Å². The molecule has 3 rings (SSSR count). The van der Waals surface area contributed by atoms with Gasteiger partial charge >= 0.3 is 0 Å². The third kappa shape index (κ3) is 1.64. The zero-order valence-corrected chi connectivity index (χ0v) is 9.57. The molecule has 0 aliphatic heterocycles. The van der Waals surface area contributed by atoms with Gasteiger partial charge in [0.25, 0.3) is 0 Å². The highest BCUT2D eigenvalue weighted by molar-refractivity contribution is 5.81. The Kier molecular flexibility index (Phi) is 2.45. The Morgan fingerprint density at radius 1 is 0.895 bits per heavy atom. The van der Waals surface area contributed by atoms with E-state index in [1.54, 1.807) is 0 Å². The second kappa shape index (κ2) is 4.01. The Labute approximate surface area is 106 Å². The van der Waals surface area contributed by atoms with Crippen LogP contribution in [-0.2, 0) is 0 Å². The van der Waals surface area contributed by atoms with Gasteiger partial charge in [-0.3, -0.25) is 4.57 Å². The van der Waals surface area contributed by atoms with Crippen LogP contribution in [0, 0.1) is 17.5 Å². The van der Waals surface area contributed by atoms with Crippen LogP contribution in [0.15, 0.2) is 36.4 Å². The third-order valence-corrected chi connectivity index (χ3v) is 2.82. The molecule has 3 aromatic rings. The molecule has 6 heteroatoms. The molecule has 1 aromatic heterocycles. The van der Waals surface area contributed by atoms with Gasteiger partial charge < -0.3 is 5.73 Å². The van der Waals surface area contributed by atoms with E-state index in [0.29, 0.717) is 0 Å². The van der Waals surface area contributed by atoms with Crippen LogP contribution in [0.1, 0.15) is 0 Å². The molecule has 19 heavy (non-hydrogen) atoms. The quantitative estimate of drug-likeness (QED) is 0.733. The first-order valence-corrected chi connectivity index (χ1v) is 5.46. The highest BCUT2D eigenvalue weighted by Crippen LogP contribution is 2.27. The summed E-state index contributed by atoms with van der Waals surface area (Å²) in [4.78, 5) is 3.80. The van der Waals surface area contributed by atoms with Crippen LogP contribution in [0.3, 0.4) is 0 Å². The smallest absolute Gasteiger partial charge is 0.206 e. The molecular formula is C13H8F3N3. The summed E-state index contributed by atoms with van der Waals surface area (Å²) in [6, 6.07) is 7.56. The van der Waals surface area contributed by atoms with E-state index in [2.05, 4.69) is 4.98 Å². The molecule has 0 aliphatic rings. The molecule has 2 N–H and O–H groups in total. The SMILES string of the molecule is Nc1nc2c(F)cccc2n1-c1c(F)cccc1F. The molecule has 0 spiro atoms. The molecule has 0 fully saturated rings. The summed E-state index contributed by atoms with van der Waals surface area (Å²) in [6.45, 7) is 0. The summed E-state index contributed by atoms with van der Waals surface area (Å²) >= 11 is 0. The number of rotatable bonds is 1. The number of anilines is 1. The van der Waals surface area contributed by atoms with Crippen LogP contribution in [0.2, 0.25) is 0 Å². The van der Waals surface area contributed by atoms with Crippen LogP contribution in [0.25, 0.3) is 16.7 Å². The lowest BCUT2D eigenvalue weighted by molar-refractivity contribution is 0.572. The zero-order valence-electron chi connectivity index (χ0n) is 9.57. The topological polar surface area (TPSA) is 43.8 Å². The minimum absolute atomic E-state index is 0.0253. The predicted octanol–water partition coefficient (Wildman–Crippen LogP) is 3.03. The third-order valence-electron chi connectivity index (χ3n) is 2.82. The molecule has 0 amide bonds. The molecule has 1 heterocycles. The number of hydrogen-bond acceptors (Lipinski definition) is 2. The van der Waals surface area contributed by atoms with Crippen molar-refractivity contribution in [3.05, 3.63) is 53.8 Å². The number of benzene rings is 2. The standard InChI is InChI=1S/C13H8F3N3/c14-7-3-2-6-10-11(7)18-13(17)19(10)12-8(15)4-1-5-9(12)16/h1-6H,(H2,17,18). The number of imidazole rings is 1. The van der Waals surface area contributed by atoms with E-state index in [9.17, 15) is 13.2 Å². The van der Waals surface area contributed by atoms with Gasteiger partial charge in [-0.15, -0.1) is 0 Å². The number of fused-ring (bicyclic) bond motifs is 1. The van der Waals surface area contributed by atoms with Crippen molar-refractivity contribution in [1.29, 1.82) is 0 Å². The molecule has 0 aliphatic carbocycles. The number of nitrogen functional groups attached to an aromatic ring is 1. The number of nitrogens with two attached hydrogens (primary N) is 1. The average molecular weight is 263 g/mol.